The quantitative estimate of drug-likeness (QED) is 0.697. The molecule has 4 heteroatoms. The van der Waals surface area contributed by atoms with E-state index in [2.05, 4.69) is 0 Å². The van der Waals surface area contributed by atoms with Gasteiger partial charge in [-0.1, -0.05) is 13.8 Å². The van der Waals surface area contributed by atoms with Crippen LogP contribution < -0.4 is 0 Å². The molecular weight excluding hydrogens is 182 g/mol. The zero-order chi connectivity index (χ0) is 10.6. The minimum Gasteiger partial charge on any atom is -0.389 e. The lowest BCUT2D eigenvalue weighted by molar-refractivity contribution is -0.132. The molecule has 1 saturated heterocycles. The molecule has 1 unspecified atom stereocenters. The Hall–Kier alpha value is -0.610. The standard InChI is InChI=1S/C10H19NO3/c1-8(2)5-10(13)11-3-4-14-7-9(12)6-11/h8-9,12H,3-7H2,1-2H3. The molecule has 0 aliphatic carbocycles. The lowest BCUT2D eigenvalue weighted by atomic mass is 10.1. The van der Waals surface area contributed by atoms with Crippen molar-refractivity contribution in [2.24, 2.45) is 5.92 Å². The maximum atomic E-state index is 11.7. The Bertz CT molecular complexity index is 194. The van der Waals surface area contributed by atoms with Crippen LogP contribution in [0.25, 0.3) is 0 Å². The van der Waals surface area contributed by atoms with Crippen LogP contribution in [0.4, 0.5) is 0 Å². The highest BCUT2D eigenvalue weighted by atomic mass is 16.5. The van der Waals surface area contributed by atoms with Crippen LogP contribution in [-0.4, -0.2) is 48.3 Å². The largest absolute Gasteiger partial charge is 0.389 e. The third kappa shape index (κ3) is 3.64. The topological polar surface area (TPSA) is 49.8 Å². The molecule has 1 rings (SSSR count). The van der Waals surface area contributed by atoms with Gasteiger partial charge in [-0.25, -0.2) is 0 Å². The SMILES string of the molecule is CC(C)CC(=O)N1CCOCC(O)C1. The van der Waals surface area contributed by atoms with Gasteiger partial charge in [0.2, 0.25) is 5.91 Å². The van der Waals surface area contributed by atoms with Crippen LogP contribution in [-0.2, 0) is 9.53 Å². The Kier molecular flexibility index (Phi) is 4.35. The third-order valence-electron chi connectivity index (χ3n) is 2.18. The summed E-state index contributed by atoms with van der Waals surface area (Å²) in [7, 11) is 0. The molecule has 0 spiro atoms. The maximum absolute atomic E-state index is 11.7. The molecule has 0 radical (unpaired) electrons. The Morgan fingerprint density at radius 1 is 1.64 bits per heavy atom. The Labute approximate surface area is 84.8 Å². The molecule has 0 aromatic heterocycles. The van der Waals surface area contributed by atoms with Gasteiger partial charge in [0.25, 0.3) is 0 Å². The first-order valence-electron chi connectivity index (χ1n) is 5.13. The molecular formula is C10H19NO3. The van der Waals surface area contributed by atoms with Gasteiger partial charge in [-0.05, 0) is 5.92 Å². The summed E-state index contributed by atoms with van der Waals surface area (Å²) in [6.07, 6.45) is 0.0146. The number of carbonyl (C=O) groups excluding carboxylic acids is 1. The molecule has 1 fully saturated rings. The molecule has 1 N–H and O–H groups in total. The average Bonchev–Trinajstić information content (AvgIpc) is 2.28. The zero-order valence-electron chi connectivity index (χ0n) is 8.90. The smallest absolute Gasteiger partial charge is 0.222 e. The number of nitrogens with zero attached hydrogens (tertiary/aromatic N) is 1. The third-order valence-corrected chi connectivity index (χ3v) is 2.18. The number of amides is 1. The van der Waals surface area contributed by atoms with Crippen LogP contribution in [0.1, 0.15) is 20.3 Å². The van der Waals surface area contributed by atoms with Crippen molar-refractivity contribution in [3.63, 3.8) is 0 Å². The minimum absolute atomic E-state index is 0.115. The summed E-state index contributed by atoms with van der Waals surface area (Å²) in [6, 6.07) is 0. The van der Waals surface area contributed by atoms with Crippen LogP contribution in [0.2, 0.25) is 0 Å². The molecule has 1 heterocycles. The Balaban J connectivity index is 2.44. The number of ether oxygens (including phenoxy) is 1. The summed E-state index contributed by atoms with van der Waals surface area (Å²) in [5.41, 5.74) is 0. The van der Waals surface area contributed by atoms with Crippen molar-refractivity contribution in [2.75, 3.05) is 26.3 Å². The van der Waals surface area contributed by atoms with Crippen molar-refractivity contribution in [1.29, 1.82) is 0 Å². The lowest BCUT2D eigenvalue weighted by Gasteiger charge is -2.22. The highest BCUT2D eigenvalue weighted by molar-refractivity contribution is 5.76. The zero-order valence-corrected chi connectivity index (χ0v) is 8.90. The van der Waals surface area contributed by atoms with E-state index in [1.165, 1.54) is 0 Å². The second-order valence-electron chi connectivity index (χ2n) is 4.17. The number of carbonyl (C=O) groups is 1. The van der Waals surface area contributed by atoms with E-state index < -0.39 is 6.10 Å². The van der Waals surface area contributed by atoms with Gasteiger partial charge in [-0.3, -0.25) is 4.79 Å². The van der Waals surface area contributed by atoms with E-state index in [0.29, 0.717) is 38.6 Å². The first-order valence-corrected chi connectivity index (χ1v) is 5.13. The van der Waals surface area contributed by atoms with Crippen LogP contribution in [0.15, 0.2) is 0 Å². The van der Waals surface area contributed by atoms with Gasteiger partial charge in [0.15, 0.2) is 0 Å². The summed E-state index contributed by atoms with van der Waals surface area (Å²) < 4.78 is 5.15. The molecule has 4 nitrogen and oxygen atoms in total. The number of hydrogen-bond donors (Lipinski definition) is 1. The average molecular weight is 201 g/mol. The molecule has 1 atom stereocenters. The number of aliphatic hydroxyl groups is 1. The fourth-order valence-corrected chi connectivity index (χ4v) is 1.50. The second kappa shape index (κ2) is 5.32. The van der Waals surface area contributed by atoms with Crippen molar-refractivity contribution in [2.45, 2.75) is 26.4 Å². The molecule has 14 heavy (non-hydrogen) atoms. The summed E-state index contributed by atoms with van der Waals surface area (Å²) in [6.45, 7) is 5.91. The number of β-amino-alcohol motifs (C(OH)–C–C–N with tert-alkyl or cyclic N) is 1. The first-order chi connectivity index (χ1) is 6.59. The van der Waals surface area contributed by atoms with Crippen molar-refractivity contribution in [1.82, 2.24) is 4.90 Å². The summed E-state index contributed by atoms with van der Waals surface area (Å²) in [4.78, 5) is 13.4. The van der Waals surface area contributed by atoms with E-state index >= 15 is 0 Å². The summed E-state index contributed by atoms with van der Waals surface area (Å²) in [5, 5.41) is 9.42. The van der Waals surface area contributed by atoms with Gasteiger partial charge < -0.3 is 14.7 Å². The first kappa shape index (κ1) is 11.5. The molecule has 82 valence electrons. The monoisotopic (exact) mass is 201 g/mol. The fourth-order valence-electron chi connectivity index (χ4n) is 1.50. The summed E-state index contributed by atoms with van der Waals surface area (Å²) in [5.74, 6) is 0.480. The molecule has 0 aromatic rings. The molecule has 0 aromatic carbocycles. The van der Waals surface area contributed by atoms with E-state index in [1.807, 2.05) is 13.8 Å². The molecule has 1 aliphatic heterocycles. The van der Waals surface area contributed by atoms with Gasteiger partial charge in [-0.2, -0.15) is 0 Å². The van der Waals surface area contributed by atoms with Gasteiger partial charge in [-0.15, -0.1) is 0 Å². The van der Waals surface area contributed by atoms with Crippen molar-refractivity contribution in [3.05, 3.63) is 0 Å². The minimum atomic E-state index is -0.534. The van der Waals surface area contributed by atoms with Gasteiger partial charge in [0.05, 0.1) is 19.3 Å². The van der Waals surface area contributed by atoms with Crippen molar-refractivity contribution < 1.29 is 14.6 Å². The van der Waals surface area contributed by atoms with Gasteiger partial charge in [0, 0.05) is 19.5 Å². The fraction of sp³-hybridized carbons (Fsp3) is 0.900. The Morgan fingerprint density at radius 3 is 3.00 bits per heavy atom. The highest BCUT2D eigenvalue weighted by Gasteiger charge is 2.20. The molecule has 0 bridgehead atoms. The highest BCUT2D eigenvalue weighted by Crippen LogP contribution is 2.07. The Morgan fingerprint density at radius 2 is 2.36 bits per heavy atom. The van der Waals surface area contributed by atoms with Gasteiger partial charge in [0.1, 0.15) is 0 Å². The summed E-state index contributed by atoms with van der Waals surface area (Å²) >= 11 is 0. The van der Waals surface area contributed by atoms with E-state index in [1.54, 1.807) is 4.90 Å². The normalized spacial score (nSPS) is 23.7. The van der Waals surface area contributed by atoms with E-state index in [0.717, 1.165) is 0 Å². The van der Waals surface area contributed by atoms with E-state index in [4.69, 9.17) is 4.74 Å². The molecule has 1 amide bonds. The van der Waals surface area contributed by atoms with Crippen LogP contribution in [0, 0.1) is 5.92 Å². The molecule has 1 aliphatic rings. The maximum Gasteiger partial charge on any atom is 0.222 e. The molecule has 0 saturated carbocycles. The second-order valence-corrected chi connectivity index (χ2v) is 4.17. The number of rotatable bonds is 2. The lowest BCUT2D eigenvalue weighted by Crippen LogP contribution is -2.38. The predicted octanol–water partition coefficient (Wildman–Crippen LogP) is 0.252. The van der Waals surface area contributed by atoms with Crippen LogP contribution in [0.5, 0.6) is 0 Å². The van der Waals surface area contributed by atoms with Gasteiger partial charge >= 0.3 is 0 Å². The van der Waals surface area contributed by atoms with E-state index in [-0.39, 0.29) is 5.91 Å². The number of hydrogen-bond acceptors (Lipinski definition) is 3. The van der Waals surface area contributed by atoms with Crippen LogP contribution in [0.3, 0.4) is 0 Å². The predicted molar refractivity (Wildman–Crippen MR) is 52.9 cm³/mol. The van der Waals surface area contributed by atoms with Crippen molar-refractivity contribution >= 4 is 5.91 Å². The number of aliphatic hydroxyl groups excluding tert-OH is 1. The van der Waals surface area contributed by atoms with Crippen LogP contribution >= 0.6 is 0 Å². The van der Waals surface area contributed by atoms with E-state index in [9.17, 15) is 9.90 Å². The van der Waals surface area contributed by atoms with Crippen molar-refractivity contribution in [3.8, 4) is 0 Å².